The molecule has 4 N–H and O–H groups in total. The molecule has 1 amide bonds. The van der Waals surface area contributed by atoms with Crippen LogP contribution >= 0.6 is 0 Å². The van der Waals surface area contributed by atoms with Crippen LogP contribution in [0.2, 0.25) is 0 Å². The summed E-state index contributed by atoms with van der Waals surface area (Å²) < 4.78 is 22.6. The molecule has 2 aliphatic rings. The lowest BCUT2D eigenvalue weighted by Gasteiger charge is -2.24. The Balaban J connectivity index is 1.33. The topological polar surface area (TPSA) is 107 Å². The van der Waals surface area contributed by atoms with Gasteiger partial charge in [0, 0.05) is 44.0 Å². The van der Waals surface area contributed by atoms with Gasteiger partial charge in [-0.1, -0.05) is 43.2 Å². The number of halogens is 1. The van der Waals surface area contributed by atoms with Crippen molar-refractivity contribution < 1.29 is 13.9 Å². The third-order valence-corrected chi connectivity index (χ3v) is 7.60. The van der Waals surface area contributed by atoms with Crippen LogP contribution in [0.15, 0.2) is 65.9 Å². The lowest BCUT2D eigenvalue weighted by molar-refractivity contribution is -0.123. The van der Waals surface area contributed by atoms with Crippen LogP contribution in [0.3, 0.4) is 0 Å². The van der Waals surface area contributed by atoms with Crippen molar-refractivity contribution in [1.29, 1.82) is 0 Å². The predicted molar refractivity (Wildman–Crippen MR) is 159 cm³/mol. The van der Waals surface area contributed by atoms with Gasteiger partial charge in [0.05, 0.1) is 24.6 Å². The van der Waals surface area contributed by atoms with E-state index in [1.165, 1.54) is 31.2 Å². The van der Waals surface area contributed by atoms with Crippen molar-refractivity contribution >= 4 is 23.8 Å². The molecule has 214 valence electrons. The summed E-state index contributed by atoms with van der Waals surface area (Å²) in [6.45, 7) is 1.78. The van der Waals surface area contributed by atoms with Gasteiger partial charge in [0.15, 0.2) is 0 Å². The monoisotopic (exact) mass is 556 g/mol. The quantitative estimate of drug-likeness (QED) is 0.232. The number of nitrogens with zero attached hydrogens (tertiary/aromatic N) is 3. The van der Waals surface area contributed by atoms with Crippen molar-refractivity contribution in [3.8, 4) is 0 Å². The highest BCUT2D eigenvalue weighted by Crippen LogP contribution is 2.37. The molecule has 0 spiro atoms. The highest BCUT2D eigenvalue weighted by atomic mass is 19.1. The predicted octanol–water partition coefficient (Wildman–Crippen LogP) is 4.83. The number of hydrogen-bond acceptors (Lipinski definition) is 6. The van der Waals surface area contributed by atoms with Crippen molar-refractivity contribution in [2.75, 3.05) is 13.7 Å². The van der Waals surface area contributed by atoms with E-state index in [4.69, 9.17) is 15.5 Å². The zero-order valence-electron chi connectivity index (χ0n) is 23.4. The summed E-state index contributed by atoms with van der Waals surface area (Å²) in [6, 6.07) is 14.1. The fraction of sp³-hybridized carbons (Fsp3) is 0.344. The van der Waals surface area contributed by atoms with Crippen LogP contribution in [0, 0.1) is 5.82 Å². The van der Waals surface area contributed by atoms with E-state index in [0.717, 1.165) is 35.6 Å². The standard InChI is InChI=1S/C32H37FN6O2/c1-35-20-26(18-34)25-15-23(16-27(33)17-25)19-37-32(40)29-30-28(11-12-36-29)38-31(24-9-5-6-10-24)39(30)13-14-41-21-22-7-3-2-4-8-22/h2-4,7-8,11-12,15-18,20,24,29,36H,5-6,9-10,13-14,19,21,34H2,1H3,(H,37,40). The molecule has 0 bridgehead atoms. The molecule has 2 heterocycles. The summed E-state index contributed by atoms with van der Waals surface area (Å²) >= 11 is 0. The van der Waals surface area contributed by atoms with Crippen LogP contribution < -0.4 is 16.4 Å². The number of aromatic nitrogens is 2. The summed E-state index contributed by atoms with van der Waals surface area (Å²) in [5.74, 6) is 0.770. The number of fused-ring (bicyclic) bond motifs is 1. The van der Waals surface area contributed by atoms with E-state index in [1.807, 2.05) is 36.4 Å². The number of nitrogens with one attached hydrogen (secondary N) is 2. The zero-order valence-corrected chi connectivity index (χ0v) is 23.4. The average molecular weight is 557 g/mol. The van der Waals surface area contributed by atoms with Crippen molar-refractivity contribution in [2.24, 2.45) is 10.7 Å². The van der Waals surface area contributed by atoms with Crippen LogP contribution in [-0.4, -0.2) is 35.3 Å². The number of amides is 1. The second-order valence-corrected chi connectivity index (χ2v) is 10.4. The molecular weight excluding hydrogens is 519 g/mol. The van der Waals surface area contributed by atoms with Gasteiger partial charge in [-0.3, -0.25) is 9.79 Å². The number of imidazole rings is 1. The molecule has 1 fully saturated rings. The molecule has 41 heavy (non-hydrogen) atoms. The fourth-order valence-corrected chi connectivity index (χ4v) is 5.65. The first kappa shape index (κ1) is 28.3. The van der Waals surface area contributed by atoms with Gasteiger partial charge in [-0.15, -0.1) is 0 Å². The van der Waals surface area contributed by atoms with E-state index < -0.39 is 11.9 Å². The molecule has 1 atom stereocenters. The van der Waals surface area contributed by atoms with Gasteiger partial charge in [-0.05, 0) is 60.0 Å². The Morgan fingerprint density at radius 2 is 2.02 bits per heavy atom. The van der Waals surface area contributed by atoms with Gasteiger partial charge >= 0.3 is 0 Å². The number of hydrogen-bond donors (Lipinski definition) is 3. The largest absolute Gasteiger partial charge is 0.404 e. The number of nitrogens with two attached hydrogens (primary N) is 1. The van der Waals surface area contributed by atoms with Gasteiger partial charge in [-0.25, -0.2) is 9.37 Å². The molecule has 1 aromatic heterocycles. The first-order chi connectivity index (χ1) is 20.1. The number of benzene rings is 2. The summed E-state index contributed by atoms with van der Waals surface area (Å²) in [4.78, 5) is 22.6. The Kier molecular flexibility index (Phi) is 9.26. The van der Waals surface area contributed by atoms with Crippen LogP contribution in [-0.2, 0) is 29.2 Å². The van der Waals surface area contributed by atoms with Crippen molar-refractivity contribution in [1.82, 2.24) is 20.2 Å². The van der Waals surface area contributed by atoms with Gasteiger partial charge in [0.25, 0.3) is 0 Å². The molecule has 0 saturated heterocycles. The lowest BCUT2D eigenvalue weighted by atomic mass is 10.0. The normalized spacial score (nSPS) is 17.1. The van der Waals surface area contributed by atoms with Crippen molar-refractivity contribution in [3.05, 3.63) is 101 Å². The van der Waals surface area contributed by atoms with Gasteiger partial charge in [0.1, 0.15) is 17.7 Å². The Hall–Kier alpha value is -4.24. The molecule has 1 aliphatic heterocycles. The number of carbonyl (C=O) groups is 1. The van der Waals surface area contributed by atoms with Gasteiger partial charge in [0.2, 0.25) is 5.91 Å². The van der Waals surface area contributed by atoms with Crippen LogP contribution in [0.4, 0.5) is 4.39 Å². The van der Waals surface area contributed by atoms with E-state index in [-0.39, 0.29) is 12.5 Å². The summed E-state index contributed by atoms with van der Waals surface area (Å²) in [5, 5.41) is 6.22. The molecule has 1 aliphatic carbocycles. The minimum atomic E-state index is -0.633. The maximum atomic E-state index is 14.4. The van der Waals surface area contributed by atoms with E-state index in [9.17, 15) is 9.18 Å². The number of aliphatic imine (C=N–C) groups is 1. The fourth-order valence-electron chi connectivity index (χ4n) is 5.65. The lowest BCUT2D eigenvalue weighted by Crippen LogP contribution is -2.38. The van der Waals surface area contributed by atoms with E-state index in [2.05, 4.69) is 20.2 Å². The summed E-state index contributed by atoms with van der Waals surface area (Å²) in [7, 11) is 1.63. The molecule has 9 heteroatoms. The summed E-state index contributed by atoms with van der Waals surface area (Å²) in [6.07, 6.45) is 11.2. The second kappa shape index (κ2) is 13.4. The van der Waals surface area contributed by atoms with Crippen molar-refractivity contribution in [2.45, 2.75) is 57.3 Å². The third-order valence-electron chi connectivity index (χ3n) is 7.60. The number of allylic oxidation sites excluding steroid dienone is 1. The third kappa shape index (κ3) is 6.74. The molecule has 8 nitrogen and oxygen atoms in total. The average Bonchev–Trinajstić information content (AvgIpc) is 3.65. The van der Waals surface area contributed by atoms with E-state index in [1.54, 1.807) is 25.5 Å². The SMILES string of the molecule is CN=CC(=CN)c1cc(F)cc(CNC(=O)C2NC=Cc3nc(C4CCCC4)n(CCOCc4ccccc4)c32)c1. The Morgan fingerprint density at radius 3 is 2.78 bits per heavy atom. The maximum absolute atomic E-state index is 14.4. The minimum absolute atomic E-state index is 0.158. The highest BCUT2D eigenvalue weighted by Gasteiger charge is 2.33. The van der Waals surface area contributed by atoms with Crippen LogP contribution in [0.5, 0.6) is 0 Å². The molecular formula is C32H37FN6O2. The summed E-state index contributed by atoms with van der Waals surface area (Å²) in [5.41, 5.74) is 10.3. The minimum Gasteiger partial charge on any atom is -0.404 e. The van der Waals surface area contributed by atoms with Crippen LogP contribution in [0.25, 0.3) is 11.6 Å². The second-order valence-electron chi connectivity index (χ2n) is 10.4. The highest BCUT2D eigenvalue weighted by molar-refractivity contribution is 6.09. The van der Waals surface area contributed by atoms with E-state index in [0.29, 0.717) is 42.4 Å². The van der Waals surface area contributed by atoms with E-state index >= 15 is 0 Å². The molecule has 0 radical (unpaired) electrons. The van der Waals surface area contributed by atoms with Crippen molar-refractivity contribution in [3.63, 3.8) is 0 Å². The van der Waals surface area contributed by atoms with Gasteiger partial charge < -0.3 is 25.7 Å². The molecule has 2 aromatic carbocycles. The number of rotatable bonds is 11. The Bertz CT molecular complexity index is 1440. The van der Waals surface area contributed by atoms with Crippen LogP contribution in [0.1, 0.15) is 71.5 Å². The zero-order chi connectivity index (χ0) is 28.6. The molecule has 1 saturated carbocycles. The maximum Gasteiger partial charge on any atom is 0.249 e. The first-order valence-electron chi connectivity index (χ1n) is 14.1. The van der Waals surface area contributed by atoms with Gasteiger partial charge in [-0.2, -0.15) is 0 Å². The Labute approximate surface area is 240 Å². The Morgan fingerprint density at radius 1 is 1.22 bits per heavy atom. The smallest absolute Gasteiger partial charge is 0.249 e. The first-order valence-corrected chi connectivity index (χ1v) is 14.1. The number of ether oxygens (including phenoxy) is 1. The molecule has 5 rings (SSSR count). The number of carbonyl (C=O) groups excluding carboxylic acids is 1. The molecule has 1 unspecified atom stereocenters. The molecule has 3 aromatic rings.